The average Bonchev–Trinajstić information content (AvgIpc) is 2.84. The van der Waals surface area contributed by atoms with E-state index in [1.54, 1.807) is 17.9 Å². The lowest BCUT2D eigenvalue weighted by atomic mass is 10.1. The smallest absolute Gasteiger partial charge is 0.325 e. The molecule has 0 amide bonds. The first-order chi connectivity index (χ1) is 11.0. The Kier molecular flexibility index (Phi) is 5.82. The molecule has 1 aromatic heterocycles. The number of ether oxygens (including phenoxy) is 2. The molecule has 0 saturated heterocycles. The summed E-state index contributed by atoms with van der Waals surface area (Å²) in [5.74, 6) is 0.281. The minimum absolute atomic E-state index is 0.0508. The molecular weight excluding hydrogens is 362 g/mol. The predicted molar refractivity (Wildman–Crippen MR) is 92.1 cm³/mol. The summed E-state index contributed by atoms with van der Waals surface area (Å²) >= 11 is 3.43. The standard InChI is InChI=1S/C17H20BrNO4/c1-4-5-6-23-17(21)10-19-9-13(11(2)20)12-7-14(18)16(22-3)8-15(12)19/h7-9H,4-6,10H2,1-3H3. The second-order valence-electron chi connectivity index (χ2n) is 5.30. The summed E-state index contributed by atoms with van der Waals surface area (Å²) < 4.78 is 13.0. The van der Waals surface area contributed by atoms with Crippen LogP contribution in [0.1, 0.15) is 37.0 Å². The molecule has 124 valence electrons. The van der Waals surface area contributed by atoms with E-state index < -0.39 is 0 Å². The molecule has 6 heteroatoms. The average molecular weight is 382 g/mol. The number of carbonyl (C=O) groups excluding carboxylic acids is 2. The van der Waals surface area contributed by atoms with Crippen molar-refractivity contribution in [3.8, 4) is 5.75 Å². The molecule has 1 aromatic carbocycles. The number of methoxy groups -OCH3 is 1. The van der Waals surface area contributed by atoms with Crippen LogP contribution in [0.2, 0.25) is 0 Å². The number of hydrogen-bond acceptors (Lipinski definition) is 4. The third-order valence-corrected chi connectivity index (χ3v) is 4.21. The summed E-state index contributed by atoms with van der Waals surface area (Å²) in [6, 6.07) is 3.65. The summed E-state index contributed by atoms with van der Waals surface area (Å²) in [6.45, 7) is 4.04. The van der Waals surface area contributed by atoms with Gasteiger partial charge in [-0.25, -0.2) is 0 Å². The number of halogens is 1. The number of ketones is 1. The van der Waals surface area contributed by atoms with Crippen molar-refractivity contribution in [1.82, 2.24) is 4.57 Å². The fourth-order valence-electron chi connectivity index (χ4n) is 2.37. The van der Waals surface area contributed by atoms with Gasteiger partial charge in [-0.05, 0) is 35.3 Å². The second-order valence-corrected chi connectivity index (χ2v) is 6.16. The third-order valence-electron chi connectivity index (χ3n) is 3.59. The number of unbranched alkanes of at least 4 members (excludes halogenated alkanes) is 1. The van der Waals surface area contributed by atoms with E-state index in [2.05, 4.69) is 15.9 Å². The molecule has 0 aliphatic carbocycles. The Labute approximate surface area is 143 Å². The molecule has 0 fully saturated rings. The Balaban J connectivity index is 2.38. The highest BCUT2D eigenvalue weighted by molar-refractivity contribution is 9.10. The zero-order valence-electron chi connectivity index (χ0n) is 13.5. The molecule has 0 aliphatic heterocycles. The molecule has 5 nitrogen and oxygen atoms in total. The zero-order valence-corrected chi connectivity index (χ0v) is 15.1. The van der Waals surface area contributed by atoms with Crippen LogP contribution in [0.3, 0.4) is 0 Å². The van der Waals surface area contributed by atoms with Gasteiger partial charge in [-0.15, -0.1) is 0 Å². The summed E-state index contributed by atoms with van der Waals surface area (Å²) in [4.78, 5) is 23.8. The normalized spacial score (nSPS) is 10.8. The lowest BCUT2D eigenvalue weighted by Crippen LogP contribution is -2.13. The lowest BCUT2D eigenvalue weighted by Gasteiger charge is -2.08. The van der Waals surface area contributed by atoms with Gasteiger partial charge in [0.25, 0.3) is 0 Å². The lowest BCUT2D eigenvalue weighted by molar-refractivity contribution is -0.144. The van der Waals surface area contributed by atoms with Crippen LogP contribution >= 0.6 is 15.9 Å². The Morgan fingerprint density at radius 1 is 1.30 bits per heavy atom. The number of benzene rings is 1. The Morgan fingerprint density at radius 2 is 2.04 bits per heavy atom. The molecule has 0 saturated carbocycles. The second kappa shape index (κ2) is 7.64. The van der Waals surface area contributed by atoms with Crippen LogP contribution in [-0.4, -0.2) is 30.0 Å². The van der Waals surface area contributed by atoms with Crippen molar-refractivity contribution >= 4 is 38.6 Å². The highest BCUT2D eigenvalue weighted by Crippen LogP contribution is 2.33. The van der Waals surface area contributed by atoms with Crippen LogP contribution in [0.25, 0.3) is 10.9 Å². The third kappa shape index (κ3) is 3.93. The first-order valence-electron chi connectivity index (χ1n) is 7.50. The van der Waals surface area contributed by atoms with Crippen molar-refractivity contribution in [3.05, 3.63) is 28.4 Å². The van der Waals surface area contributed by atoms with Gasteiger partial charge in [-0.2, -0.15) is 0 Å². The fourth-order valence-corrected chi connectivity index (χ4v) is 2.88. The minimum Gasteiger partial charge on any atom is -0.495 e. The number of Topliss-reactive ketones (excluding diaryl/α,β-unsaturated/α-hetero) is 1. The number of fused-ring (bicyclic) bond motifs is 1. The molecule has 0 aliphatic rings. The van der Waals surface area contributed by atoms with Gasteiger partial charge in [0.1, 0.15) is 12.3 Å². The van der Waals surface area contributed by atoms with E-state index in [1.165, 1.54) is 6.92 Å². The van der Waals surface area contributed by atoms with E-state index in [-0.39, 0.29) is 18.3 Å². The van der Waals surface area contributed by atoms with E-state index in [0.29, 0.717) is 17.9 Å². The highest BCUT2D eigenvalue weighted by atomic mass is 79.9. The fraction of sp³-hybridized carbons (Fsp3) is 0.412. The van der Waals surface area contributed by atoms with Gasteiger partial charge >= 0.3 is 5.97 Å². The van der Waals surface area contributed by atoms with Crippen molar-refractivity contribution < 1.29 is 19.1 Å². The summed E-state index contributed by atoms with van der Waals surface area (Å²) in [7, 11) is 1.57. The largest absolute Gasteiger partial charge is 0.495 e. The van der Waals surface area contributed by atoms with Crippen molar-refractivity contribution in [2.45, 2.75) is 33.2 Å². The van der Waals surface area contributed by atoms with Gasteiger partial charge in [-0.3, -0.25) is 9.59 Å². The molecule has 0 unspecified atom stereocenters. The molecule has 0 atom stereocenters. The summed E-state index contributed by atoms with van der Waals surface area (Å²) in [6.07, 6.45) is 3.51. The van der Waals surface area contributed by atoms with Crippen LogP contribution in [0.5, 0.6) is 5.75 Å². The van der Waals surface area contributed by atoms with Gasteiger partial charge in [0.05, 0.1) is 23.7 Å². The number of nitrogens with zero attached hydrogens (tertiary/aromatic N) is 1. The van der Waals surface area contributed by atoms with Crippen LogP contribution in [0.15, 0.2) is 22.8 Å². The molecule has 2 rings (SSSR count). The van der Waals surface area contributed by atoms with Gasteiger partial charge in [0.15, 0.2) is 5.78 Å². The number of aromatic nitrogens is 1. The predicted octanol–water partition coefficient (Wildman–Crippen LogP) is 3.96. The van der Waals surface area contributed by atoms with Crippen LogP contribution in [0.4, 0.5) is 0 Å². The summed E-state index contributed by atoms with van der Waals surface area (Å²) in [5.41, 5.74) is 1.34. The molecule has 0 spiro atoms. The molecule has 0 radical (unpaired) electrons. The molecule has 2 aromatic rings. The Morgan fingerprint density at radius 3 is 2.65 bits per heavy atom. The van der Waals surface area contributed by atoms with Gasteiger partial charge < -0.3 is 14.0 Å². The molecule has 0 bridgehead atoms. The van der Waals surface area contributed by atoms with E-state index in [9.17, 15) is 9.59 Å². The molecule has 1 heterocycles. The van der Waals surface area contributed by atoms with Crippen molar-refractivity contribution in [2.75, 3.05) is 13.7 Å². The van der Waals surface area contributed by atoms with Crippen molar-refractivity contribution in [2.24, 2.45) is 0 Å². The maximum Gasteiger partial charge on any atom is 0.325 e. The van der Waals surface area contributed by atoms with Gasteiger partial charge in [0, 0.05) is 23.2 Å². The first kappa shape index (κ1) is 17.5. The number of esters is 1. The van der Waals surface area contributed by atoms with Crippen molar-refractivity contribution in [1.29, 1.82) is 0 Å². The number of rotatable bonds is 7. The minimum atomic E-state index is -0.313. The molecular formula is C17H20BrNO4. The van der Waals surface area contributed by atoms with E-state index in [1.807, 2.05) is 19.1 Å². The van der Waals surface area contributed by atoms with Gasteiger partial charge in [-0.1, -0.05) is 13.3 Å². The summed E-state index contributed by atoms with van der Waals surface area (Å²) in [5, 5.41) is 0.784. The Bertz CT molecular complexity index is 736. The zero-order chi connectivity index (χ0) is 17.0. The topological polar surface area (TPSA) is 57.5 Å². The van der Waals surface area contributed by atoms with E-state index in [4.69, 9.17) is 9.47 Å². The maximum absolute atomic E-state index is 12.0. The quantitative estimate of drug-likeness (QED) is 0.413. The van der Waals surface area contributed by atoms with E-state index in [0.717, 1.165) is 28.2 Å². The SMILES string of the molecule is CCCCOC(=O)Cn1cc(C(C)=O)c2cc(Br)c(OC)cc21. The highest BCUT2D eigenvalue weighted by Gasteiger charge is 2.17. The van der Waals surface area contributed by atoms with Gasteiger partial charge in [0.2, 0.25) is 0 Å². The maximum atomic E-state index is 12.0. The Hall–Kier alpha value is -1.82. The monoisotopic (exact) mass is 381 g/mol. The number of carbonyl (C=O) groups is 2. The molecule has 23 heavy (non-hydrogen) atoms. The van der Waals surface area contributed by atoms with E-state index >= 15 is 0 Å². The van der Waals surface area contributed by atoms with Crippen LogP contribution < -0.4 is 4.74 Å². The molecule has 0 N–H and O–H groups in total. The first-order valence-corrected chi connectivity index (χ1v) is 8.30. The van der Waals surface area contributed by atoms with Crippen LogP contribution in [0, 0.1) is 0 Å². The number of hydrogen-bond donors (Lipinski definition) is 0. The van der Waals surface area contributed by atoms with Crippen molar-refractivity contribution in [3.63, 3.8) is 0 Å². The van der Waals surface area contributed by atoms with Crippen LogP contribution in [-0.2, 0) is 16.1 Å².